The summed E-state index contributed by atoms with van der Waals surface area (Å²) >= 11 is 0. The molecule has 7 atom stereocenters. The van der Waals surface area contributed by atoms with Crippen LogP contribution in [0, 0.1) is 23.7 Å². The van der Waals surface area contributed by atoms with Crippen LogP contribution in [0.3, 0.4) is 0 Å². The van der Waals surface area contributed by atoms with Crippen LogP contribution in [0.15, 0.2) is 11.6 Å². The summed E-state index contributed by atoms with van der Waals surface area (Å²) in [6.45, 7) is 7.03. The molecule has 122 valence electrons. The minimum absolute atomic E-state index is 0.0277. The summed E-state index contributed by atoms with van der Waals surface area (Å²) in [5.41, 5.74) is 0.0421. The number of rotatable bonds is 1. The Balaban J connectivity index is 1.92. The summed E-state index contributed by atoms with van der Waals surface area (Å²) < 4.78 is 10.8. The molecule has 0 radical (unpaired) electrons. The number of carbonyl (C=O) groups excluding carboxylic acids is 2. The number of ether oxygens (including phenoxy) is 2. The lowest BCUT2D eigenvalue weighted by Crippen LogP contribution is -2.43. The van der Waals surface area contributed by atoms with Crippen molar-refractivity contribution in [1.82, 2.24) is 0 Å². The summed E-state index contributed by atoms with van der Waals surface area (Å²) in [6, 6.07) is 0. The number of hydrogen-bond donors (Lipinski definition) is 1. The van der Waals surface area contributed by atoms with Crippen LogP contribution in [0.25, 0.3) is 0 Å². The van der Waals surface area contributed by atoms with Crippen molar-refractivity contribution in [1.29, 1.82) is 0 Å². The third-order valence-electron chi connectivity index (χ3n) is 5.89. The van der Waals surface area contributed by atoms with Crippen molar-refractivity contribution in [3.05, 3.63) is 11.6 Å². The molecule has 0 amide bonds. The quantitative estimate of drug-likeness (QED) is 0.591. The van der Waals surface area contributed by atoms with E-state index in [2.05, 4.69) is 0 Å². The molecule has 1 saturated carbocycles. The van der Waals surface area contributed by atoms with E-state index in [-0.39, 0.29) is 41.7 Å². The van der Waals surface area contributed by atoms with Crippen LogP contribution < -0.4 is 0 Å². The Morgan fingerprint density at radius 2 is 2.14 bits per heavy atom. The van der Waals surface area contributed by atoms with E-state index in [1.54, 1.807) is 6.92 Å². The Bertz CT molecular complexity index is 535. The molecule has 2 aliphatic carbocycles. The zero-order valence-electron chi connectivity index (χ0n) is 13.5. The fourth-order valence-corrected chi connectivity index (χ4v) is 4.51. The van der Waals surface area contributed by atoms with Crippen molar-refractivity contribution in [2.45, 2.75) is 58.3 Å². The van der Waals surface area contributed by atoms with Crippen LogP contribution >= 0.6 is 0 Å². The Kier molecular flexibility index (Phi) is 3.59. The van der Waals surface area contributed by atoms with Gasteiger partial charge in [0.1, 0.15) is 17.8 Å². The molecule has 6 unspecified atom stereocenters. The van der Waals surface area contributed by atoms with Gasteiger partial charge in [0.05, 0.1) is 5.92 Å². The lowest BCUT2D eigenvalue weighted by molar-refractivity contribution is -0.160. The molecule has 0 aromatic rings. The zero-order chi connectivity index (χ0) is 16.2. The van der Waals surface area contributed by atoms with Crippen LogP contribution in [0.1, 0.15) is 40.5 Å². The van der Waals surface area contributed by atoms with E-state index in [1.807, 2.05) is 19.9 Å². The molecule has 2 fully saturated rings. The van der Waals surface area contributed by atoms with Crippen LogP contribution in [0.2, 0.25) is 0 Å². The fourth-order valence-electron chi connectivity index (χ4n) is 4.51. The first-order valence-corrected chi connectivity index (χ1v) is 8.00. The maximum absolute atomic E-state index is 11.8. The molecule has 3 rings (SSSR count). The molecule has 1 saturated heterocycles. The average molecular weight is 308 g/mol. The fraction of sp³-hybridized carbons (Fsp3) is 0.765. The SMILES string of the molecule is CC(=O)OC1CC2C(C)=CC3OC(=O)C(C)C3CC2[C@]1(C)O. The van der Waals surface area contributed by atoms with Gasteiger partial charge in [0, 0.05) is 12.8 Å². The third kappa shape index (κ3) is 2.26. The third-order valence-corrected chi connectivity index (χ3v) is 5.89. The highest BCUT2D eigenvalue weighted by atomic mass is 16.6. The second-order valence-electron chi connectivity index (χ2n) is 7.27. The smallest absolute Gasteiger partial charge is 0.309 e. The van der Waals surface area contributed by atoms with Gasteiger partial charge in [0.15, 0.2) is 0 Å². The normalized spacial score (nSPS) is 47.1. The van der Waals surface area contributed by atoms with Gasteiger partial charge in [0.2, 0.25) is 0 Å². The molecular formula is C17H24O5. The first-order valence-electron chi connectivity index (χ1n) is 8.00. The highest BCUT2D eigenvalue weighted by Crippen LogP contribution is 2.52. The van der Waals surface area contributed by atoms with Gasteiger partial charge in [-0.25, -0.2) is 0 Å². The van der Waals surface area contributed by atoms with Gasteiger partial charge in [0.25, 0.3) is 0 Å². The zero-order valence-corrected chi connectivity index (χ0v) is 13.5. The van der Waals surface area contributed by atoms with Gasteiger partial charge in [-0.1, -0.05) is 12.5 Å². The van der Waals surface area contributed by atoms with E-state index in [9.17, 15) is 14.7 Å². The average Bonchev–Trinajstić information content (AvgIpc) is 2.73. The predicted molar refractivity (Wildman–Crippen MR) is 78.7 cm³/mol. The van der Waals surface area contributed by atoms with Crippen molar-refractivity contribution >= 4 is 11.9 Å². The van der Waals surface area contributed by atoms with E-state index >= 15 is 0 Å². The molecule has 0 aromatic heterocycles. The predicted octanol–water partition coefficient (Wildman–Crippen LogP) is 1.83. The number of fused-ring (bicyclic) bond motifs is 2. The van der Waals surface area contributed by atoms with E-state index in [0.717, 1.165) is 5.57 Å². The molecule has 0 spiro atoms. The van der Waals surface area contributed by atoms with Crippen molar-refractivity contribution in [2.75, 3.05) is 0 Å². The Labute approximate surface area is 130 Å². The van der Waals surface area contributed by atoms with Crippen LogP contribution in [0.5, 0.6) is 0 Å². The van der Waals surface area contributed by atoms with Crippen molar-refractivity contribution in [2.24, 2.45) is 23.7 Å². The maximum atomic E-state index is 11.8. The number of aliphatic hydroxyl groups is 1. The molecular weight excluding hydrogens is 284 g/mol. The Morgan fingerprint density at radius 3 is 2.77 bits per heavy atom. The number of hydrogen-bond acceptors (Lipinski definition) is 5. The van der Waals surface area contributed by atoms with Gasteiger partial charge in [-0.3, -0.25) is 9.59 Å². The molecule has 5 heteroatoms. The number of esters is 2. The van der Waals surface area contributed by atoms with E-state index < -0.39 is 11.7 Å². The molecule has 1 aliphatic heterocycles. The molecule has 1 N–H and O–H groups in total. The summed E-state index contributed by atoms with van der Waals surface area (Å²) in [6.07, 6.45) is 2.69. The van der Waals surface area contributed by atoms with E-state index in [4.69, 9.17) is 9.47 Å². The van der Waals surface area contributed by atoms with Gasteiger partial charge < -0.3 is 14.6 Å². The molecule has 0 bridgehead atoms. The largest absolute Gasteiger partial charge is 0.459 e. The Morgan fingerprint density at radius 1 is 1.45 bits per heavy atom. The van der Waals surface area contributed by atoms with Crippen LogP contribution in [0.4, 0.5) is 0 Å². The summed E-state index contributed by atoms with van der Waals surface area (Å²) in [5, 5.41) is 11.0. The standard InChI is InChI=1S/C17H24O5/c1-8-5-14-12(9(2)16(19)22-14)6-13-11(8)7-15(17(13,4)20)21-10(3)18/h5,9,11-15,20H,6-7H2,1-4H3/t9?,11?,12?,13?,14?,15?,17-/m0/s1. The van der Waals surface area contributed by atoms with Crippen LogP contribution in [-0.4, -0.2) is 34.9 Å². The van der Waals surface area contributed by atoms with Gasteiger partial charge >= 0.3 is 11.9 Å². The molecule has 1 heterocycles. The van der Waals surface area contributed by atoms with Gasteiger partial charge in [-0.05, 0) is 44.6 Å². The first kappa shape index (κ1) is 15.5. The lowest BCUT2D eigenvalue weighted by Gasteiger charge is -2.33. The summed E-state index contributed by atoms with van der Waals surface area (Å²) in [4.78, 5) is 23.1. The topological polar surface area (TPSA) is 72.8 Å². The van der Waals surface area contributed by atoms with E-state index in [0.29, 0.717) is 12.8 Å². The van der Waals surface area contributed by atoms with Crippen molar-refractivity contribution in [3.8, 4) is 0 Å². The summed E-state index contributed by atoms with van der Waals surface area (Å²) in [7, 11) is 0. The molecule has 0 aromatic carbocycles. The van der Waals surface area contributed by atoms with Gasteiger partial charge in [-0.2, -0.15) is 0 Å². The minimum Gasteiger partial charge on any atom is -0.459 e. The highest BCUT2D eigenvalue weighted by Gasteiger charge is 2.57. The second kappa shape index (κ2) is 5.08. The number of allylic oxidation sites excluding steroid dienone is 1. The highest BCUT2D eigenvalue weighted by molar-refractivity contribution is 5.75. The molecule has 3 aliphatic rings. The molecule has 22 heavy (non-hydrogen) atoms. The number of carbonyl (C=O) groups is 2. The van der Waals surface area contributed by atoms with Gasteiger partial charge in [-0.15, -0.1) is 0 Å². The lowest BCUT2D eigenvalue weighted by atomic mass is 9.76. The van der Waals surface area contributed by atoms with Crippen molar-refractivity contribution in [3.63, 3.8) is 0 Å². The first-order chi connectivity index (χ1) is 10.2. The summed E-state index contributed by atoms with van der Waals surface area (Å²) in [5.74, 6) is -0.465. The molecule has 5 nitrogen and oxygen atoms in total. The maximum Gasteiger partial charge on any atom is 0.309 e. The minimum atomic E-state index is -1.08. The van der Waals surface area contributed by atoms with E-state index in [1.165, 1.54) is 6.92 Å². The Hall–Kier alpha value is -1.36. The monoisotopic (exact) mass is 308 g/mol. The second-order valence-corrected chi connectivity index (χ2v) is 7.27. The van der Waals surface area contributed by atoms with Crippen LogP contribution in [-0.2, 0) is 19.1 Å². The van der Waals surface area contributed by atoms with Crippen molar-refractivity contribution < 1.29 is 24.2 Å².